The number of methoxy groups -OCH3 is 1. The fourth-order valence-electron chi connectivity index (χ4n) is 3.60. The van der Waals surface area contributed by atoms with Crippen LogP contribution in [0.15, 0.2) is 42.7 Å². The summed E-state index contributed by atoms with van der Waals surface area (Å²) in [5.74, 6) is 2.40. The van der Waals surface area contributed by atoms with E-state index in [1.54, 1.807) is 19.5 Å². The van der Waals surface area contributed by atoms with Crippen LogP contribution in [0.3, 0.4) is 0 Å². The van der Waals surface area contributed by atoms with Crippen LogP contribution in [0.2, 0.25) is 0 Å². The Hall–Kier alpha value is -3.42. The summed E-state index contributed by atoms with van der Waals surface area (Å²) in [5.41, 5.74) is 2.66. The predicted molar refractivity (Wildman–Crippen MR) is 110 cm³/mol. The fraction of sp³-hybridized carbons (Fsp3) is 0.333. The van der Waals surface area contributed by atoms with Crippen molar-refractivity contribution in [2.24, 2.45) is 0 Å². The van der Waals surface area contributed by atoms with Crippen molar-refractivity contribution in [1.82, 2.24) is 25.1 Å². The number of nitrogens with one attached hydrogen (secondary N) is 2. The van der Waals surface area contributed by atoms with E-state index in [4.69, 9.17) is 4.74 Å². The number of hydrogen-bond acceptors (Lipinski definition) is 5. The third-order valence-corrected chi connectivity index (χ3v) is 5.10. The number of aryl methyl sites for hydroxylation is 2. The summed E-state index contributed by atoms with van der Waals surface area (Å²) in [4.78, 5) is 16.7. The highest BCUT2D eigenvalue weighted by atomic mass is 16.5. The van der Waals surface area contributed by atoms with Gasteiger partial charge in [-0.3, -0.25) is 4.98 Å². The number of amides is 2. The number of urea groups is 1. The van der Waals surface area contributed by atoms with E-state index in [0.29, 0.717) is 11.4 Å². The third kappa shape index (κ3) is 4.21. The van der Waals surface area contributed by atoms with Crippen LogP contribution >= 0.6 is 0 Å². The molecule has 1 aromatic carbocycles. The molecule has 2 amide bonds. The standard InChI is InChI=1S/C21H24N6O2/c1-14-5-7-18(29-2)17(12-14)24-21(28)23-16-6-8-19-25-26-20(27(19)11-9-16)15-4-3-10-22-13-15/h3-5,7,10,12-13,16H,6,8-9,11H2,1-2H3,(H2,23,24,28). The largest absolute Gasteiger partial charge is 0.495 e. The van der Waals surface area contributed by atoms with Gasteiger partial charge in [0, 0.05) is 37.0 Å². The lowest BCUT2D eigenvalue weighted by molar-refractivity contribution is 0.246. The first-order chi connectivity index (χ1) is 14.1. The van der Waals surface area contributed by atoms with E-state index in [-0.39, 0.29) is 12.1 Å². The molecule has 3 heterocycles. The topological polar surface area (TPSA) is 94.0 Å². The molecule has 2 N–H and O–H groups in total. The SMILES string of the molecule is COc1ccc(C)cc1NC(=O)NC1CCc2nnc(-c3cccnc3)n2CC1. The number of carbonyl (C=O) groups excluding carboxylic acids is 1. The number of fused-ring (bicyclic) bond motifs is 1. The van der Waals surface area contributed by atoms with E-state index >= 15 is 0 Å². The Balaban J connectivity index is 1.41. The Labute approximate surface area is 169 Å². The van der Waals surface area contributed by atoms with Gasteiger partial charge in [0.25, 0.3) is 0 Å². The van der Waals surface area contributed by atoms with E-state index < -0.39 is 0 Å². The highest BCUT2D eigenvalue weighted by molar-refractivity contribution is 5.91. The second-order valence-corrected chi connectivity index (χ2v) is 7.16. The van der Waals surface area contributed by atoms with Crippen molar-refractivity contribution in [3.8, 4) is 17.1 Å². The van der Waals surface area contributed by atoms with Gasteiger partial charge in [-0.05, 0) is 49.6 Å². The van der Waals surface area contributed by atoms with Crippen LogP contribution in [0, 0.1) is 6.92 Å². The Morgan fingerprint density at radius 3 is 2.93 bits per heavy atom. The first-order valence-electron chi connectivity index (χ1n) is 9.68. The molecule has 1 unspecified atom stereocenters. The summed E-state index contributed by atoms with van der Waals surface area (Å²) in [5, 5.41) is 14.7. The van der Waals surface area contributed by atoms with Gasteiger partial charge in [-0.25, -0.2) is 4.79 Å². The van der Waals surface area contributed by atoms with Gasteiger partial charge in [0.2, 0.25) is 0 Å². The first kappa shape index (κ1) is 18.9. The van der Waals surface area contributed by atoms with Gasteiger partial charge in [0.1, 0.15) is 11.6 Å². The summed E-state index contributed by atoms with van der Waals surface area (Å²) in [6.07, 6.45) is 5.90. The van der Waals surface area contributed by atoms with Crippen LogP contribution in [0.5, 0.6) is 5.75 Å². The van der Waals surface area contributed by atoms with Gasteiger partial charge in [-0.15, -0.1) is 10.2 Å². The Kier molecular flexibility index (Phi) is 5.41. The number of hydrogen-bond donors (Lipinski definition) is 2. The van der Waals surface area contributed by atoms with E-state index in [1.165, 1.54) is 0 Å². The molecule has 150 valence electrons. The van der Waals surface area contributed by atoms with Crippen LogP contribution < -0.4 is 15.4 Å². The maximum Gasteiger partial charge on any atom is 0.319 e. The molecule has 2 aromatic heterocycles. The van der Waals surface area contributed by atoms with Crippen molar-refractivity contribution >= 4 is 11.7 Å². The predicted octanol–water partition coefficient (Wildman–Crippen LogP) is 3.18. The van der Waals surface area contributed by atoms with Crippen molar-refractivity contribution in [2.75, 3.05) is 12.4 Å². The summed E-state index contributed by atoms with van der Waals surface area (Å²) in [7, 11) is 1.59. The molecule has 8 heteroatoms. The third-order valence-electron chi connectivity index (χ3n) is 5.10. The van der Waals surface area contributed by atoms with E-state index in [2.05, 4.69) is 30.4 Å². The Morgan fingerprint density at radius 2 is 2.14 bits per heavy atom. The number of pyridine rings is 1. The van der Waals surface area contributed by atoms with Gasteiger partial charge in [0.15, 0.2) is 5.82 Å². The lowest BCUT2D eigenvalue weighted by Gasteiger charge is -2.18. The first-order valence-corrected chi connectivity index (χ1v) is 9.68. The molecule has 0 saturated carbocycles. The summed E-state index contributed by atoms with van der Waals surface area (Å²) < 4.78 is 7.46. The molecule has 1 aliphatic heterocycles. The number of nitrogens with zero attached hydrogens (tertiary/aromatic N) is 4. The molecule has 0 bridgehead atoms. The van der Waals surface area contributed by atoms with Gasteiger partial charge < -0.3 is 19.9 Å². The van der Waals surface area contributed by atoms with Gasteiger partial charge in [-0.2, -0.15) is 0 Å². The summed E-state index contributed by atoms with van der Waals surface area (Å²) in [6, 6.07) is 9.38. The lowest BCUT2D eigenvalue weighted by atomic mass is 10.1. The maximum absolute atomic E-state index is 12.6. The molecule has 0 spiro atoms. The number of rotatable bonds is 4. The minimum absolute atomic E-state index is 0.0502. The number of benzene rings is 1. The average Bonchev–Trinajstić information content (AvgIpc) is 3.03. The number of carbonyl (C=O) groups is 1. The zero-order valence-electron chi connectivity index (χ0n) is 16.6. The Bertz CT molecular complexity index is 1000. The molecule has 0 radical (unpaired) electrons. The quantitative estimate of drug-likeness (QED) is 0.711. The van der Waals surface area contributed by atoms with Gasteiger partial charge in [-0.1, -0.05) is 6.07 Å². The fourth-order valence-corrected chi connectivity index (χ4v) is 3.60. The monoisotopic (exact) mass is 392 g/mol. The highest BCUT2D eigenvalue weighted by Gasteiger charge is 2.22. The molecule has 0 saturated heterocycles. The summed E-state index contributed by atoms with van der Waals surface area (Å²) in [6.45, 7) is 2.72. The molecular weight excluding hydrogens is 368 g/mol. The lowest BCUT2D eigenvalue weighted by Crippen LogP contribution is -2.38. The molecule has 29 heavy (non-hydrogen) atoms. The molecule has 0 fully saturated rings. The molecule has 1 atom stereocenters. The highest BCUT2D eigenvalue weighted by Crippen LogP contribution is 2.25. The maximum atomic E-state index is 12.6. The van der Waals surface area contributed by atoms with Gasteiger partial charge >= 0.3 is 6.03 Å². The van der Waals surface area contributed by atoms with Crippen molar-refractivity contribution in [3.63, 3.8) is 0 Å². The minimum Gasteiger partial charge on any atom is -0.495 e. The van der Waals surface area contributed by atoms with E-state index in [0.717, 1.165) is 48.6 Å². The molecule has 8 nitrogen and oxygen atoms in total. The molecule has 3 aromatic rings. The average molecular weight is 392 g/mol. The summed E-state index contributed by atoms with van der Waals surface area (Å²) >= 11 is 0. The van der Waals surface area contributed by atoms with Crippen molar-refractivity contribution in [3.05, 3.63) is 54.1 Å². The van der Waals surface area contributed by atoms with Crippen LogP contribution in [-0.2, 0) is 13.0 Å². The van der Waals surface area contributed by atoms with Crippen LogP contribution in [0.4, 0.5) is 10.5 Å². The van der Waals surface area contributed by atoms with Gasteiger partial charge in [0.05, 0.1) is 12.8 Å². The molecule has 4 rings (SSSR count). The number of aromatic nitrogens is 4. The molecule has 1 aliphatic rings. The van der Waals surface area contributed by atoms with Crippen molar-refractivity contribution < 1.29 is 9.53 Å². The Morgan fingerprint density at radius 1 is 1.24 bits per heavy atom. The van der Waals surface area contributed by atoms with Crippen LogP contribution in [0.25, 0.3) is 11.4 Å². The normalized spacial score (nSPS) is 15.9. The van der Waals surface area contributed by atoms with Crippen molar-refractivity contribution in [2.45, 2.75) is 38.8 Å². The zero-order valence-corrected chi connectivity index (χ0v) is 16.6. The number of anilines is 1. The molecular formula is C21H24N6O2. The second kappa shape index (κ2) is 8.30. The van der Waals surface area contributed by atoms with E-state index in [9.17, 15) is 4.79 Å². The second-order valence-electron chi connectivity index (χ2n) is 7.16. The van der Waals surface area contributed by atoms with E-state index in [1.807, 2.05) is 37.3 Å². The van der Waals surface area contributed by atoms with Crippen LogP contribution in [-0.4, -0.2) is 38.9 Å². The minimum atomic E-state index is -0.232. The van der Waals surface area contributed by atoms with Crippen LogP contribution in [0.1, 0.15) is 24.2 Å². The number of ether oxygens (including phenoxy) is 1. The smallest absolute Gasteiger partial charge is 0.319 e. The van der Waals surface area contributed by atoms with Crippen molar-refractivity contribution in [1.29, 1.82) is 0 Å². The zero-order chi connectivity index (χ0) is 20.2. The molecule has 0 aliphatic carbocycles.